The molecule has 1 aromatic carbocycles. The summed E-state index contributed by atoms with van der Waals surface area (Å²) in [7, 11) is 0. The molecule has 0 saturated heterocycles. The summed E-state index contributed by atoms with van der Waals surface area (Å²) in [6.07, 6.45) is 1.77. The third kappa shape index (κ3) is 3.80. The van der Waals surface area contributed by atoms with Crippen LogP contribution < -0.4 is 5.73 Å². The molecule has 0 spiro atoms. The Balaban J connectivity index is 2.79. The maximum atomic E-state index is 9.74. The van der Waals surface area contributed by atoms with Gasteiger partial charge in [-0.3, -0.25) is 0 Å². The molecule has 0 aromatic heterocycles. The zero-order valence-electron chi connectivity index (χ0n) is 11.5. The third-order valence-electron chi connectivity index (χ3n) is 3.40. The fraction of sp³-hybridized carbons (Fsp3) is 0.600. The summed E-state index contributed by atoms with van der Waals surface area (Å²) in [6, 6.07) is 8.20. The lowest BCUT2D eigenvalue weighted by molar-refractivity contribution is 0.0951. The molecular formula is C15H25NO2. The molecule has 0 aliphatic carbocycles. The molecule has 18 heavy (non-hydrogen) atoms. The van der Waals surface area contributed by atoms with E-state index >= 15 is 0 Å². The molecule has 0 bridgehead atoms. The summed E-state index contributed by atoms with van der Waals surface area (Å²) >= 11 is 0. The second-order valence-electron chi connectivity index (χ2n) is 4.87. The van der Waals surface area contributed by atoms with Crippen molar-refractivity contribution in [1.29, 1.82) is 0 Å². The Bertz CT molecular complexity index is 348. The lowest BCUT2D eigenvalue weighted by Gasteiger charge is -2.31. The van der Waals surface area contributed by atoms with Gasteiger partial charge in [-0.1, -0.05) is 36.8 Å². The molecule has 0 fully saturated rings. The topological polar surface area (TPSA) is 55.5 Å². The van der Waals surface area contributed by atoms with E-state index in [2.05, 4.69) is 26.0 Å². The van der Waals surface area contributed by atoms with Gasteiger partial charge in [-0.25, -0.2) is 0 Å². The van der Waals surface area contributed by atoms with Gasteiger partial charge in [-0.05, 0) is 25.3 Å². The number of aryl methyl sites for hydroxylation is 1. The molecule has 3 nitrogen and oxygen atoms in total. The molecule has 1 aromatic rings. The first-order valence-electron chi connectivity index (χ1n) is 6.64. The van der Waals surface area contributed by atoms with Crippen LogP contribution in [0.1, 0.15) is 30.9 Å². The van der Waals surface area contributed by atoms with Gasteiger partial charge in [-0.2, -0.15) is 0 Å². The van der Waals surface area contributed by atoms with Gasteiger partial charge in [0.25, 0.3) is 0 Å². The number of benzene rings is 1. The van der Waals surface area contributed by atoms with Crippen LogP contribution in [0, 0.1) is 6.92 Å². The Morgan fingerprint density at radius 3 is 2.67 bits per heavy atom. The van der Waals surface area contributed by atoms with Crippen molar-refractivity contribution in [2.45, 2.75) is 32.1 Å². The first-order valence-corrected chi connectivity index (χ1v) is 6.64. The van der Waals surface area contributed by atoms with Crippen molar-refractivity contribution in [2.75, 3.05) is 26.4 Å². The fourth-order valence-corrected chi connectivity index (χ4v) is 2.09. The number of hydrogen-bond donors (Lipinski definition) is 2. The number of nitrogens with two attached hydrogens (primary N) is 1. The number of aliphatic hydroxyl groups is 1. The Labute approximate surface area is 110 Å². The van der Waals surface area contributed by atoms with E-state index in [1.165, 1.54) is 5.56 Å². The molecule has 0 saturated carbocycles. The highest BCUT2D eigenvalue weighted by atomic mass is 16.5. The second-order valence-corrected chi connectivity index (χ2v) is 4.87. The lowest BCUT2D eigenvalue weighted by atomic mass is 9.78. The number of aliphatic hydroxyl groups excluding tert-OH is 1. The van der Waals surface area contributed by atoms with Crippen molar-refractivity contribution in [3.05, 3.63) is 35.4 Å². The molecule has 0 aliphatic heterocycles. The largest absolute Gasteiger partial charge is 0.395 e. The molecule has 1 rings (SSSR count). The number of ether oxygens (including phenoxy) is 1. The average molecular weight is 251 g/mol. The van der Waals surface area contributed by atoms with Gasteiger partial charge >= 0.3 is 0 Å². The molecule has 1 unspecified atom stereocenters. The van der Waals surface area contributed by atoms with Crippen molar-refractivity contribution < 1.29 is 9.84 Å². The molecule has 3 N–H and O–H groups in total. The highest BCUT2D eigenvalue weighted by Crippen LogP contribution is 2.27. The summed E-state index contributed by atoms with van der Waals surface area (Å²) in [5, 5.41) is 9.74. The van der Waals surface area contributed by atoms with Crippen molar-refractivity contribution in [2.24, 2.45) is 5.73 Å². The maximum absolute atomic E-state index is 9.74. The van der Waals surface area contributed by atoms with E-state index in [0.29, 0.717) is 13.2 Å². The highest BCUT2D eigenvalue weighted by Gasteiger charge is 2.29. The monoisotopic (exact) mass is 251 g/mol. The van der Waals surface area contributed by atoms with Crippen LogP contribution in [-0.2, 0) is 10.2 Å². The van der Waals surface area contributed by atoms with Gasteiger partial charge in [0, 0.05) is 25.2 Å². The van der Waals surface area contributed by atoms with Crippen LogP contribution in [0.2, 0.25) is 0 Å². The second kappa shape index (κ2) is 7.52. The predicted octanol–water partition coefficient (Wildman–Crippen LogP) is 2.00. The fourth-order valence-electron chi connectivity index (χ4n) is 2.09. The summed E-state index contributed by atoms with van der Waals surface area (Å²) in [5.74, 6) is 0. The van der Waals surface area contributed by atoms with Crippen LogP contribution in [0.3, 0.4) is 0 Å². The van der Waals surface area contributed by atoms with E-state index in [0.717, 1.165) is 25.0 Å². The van der Waals surface area contributed by atoms with Crippen molar-refractivity contribution >= 4 is 0 Å². The Morgan fingerprint density at radius 1 is 1.33 bits per heavy atom. The van der Waals surface area contributed by atoms with Crippen molar-refractivity contribution in [3.63, 3.8) is 0 Å². The standard InChI is InChI=1S/C15H25NO2/c1-3-8-18-9-7-15(11-16,12-17)14-6-4-5-13(2)10-14/h4-6,10,17H,3,7-9,11-12,16H2,1-2H3. The minimum absolute atomic E-state index is 0.0580. The molecule has 3 heteroatoms. The van der Waals surface area contributed by atoms with Gasteiger partial charge in [0.05, 0.1) is 6.61 Å². The maximum Gasteiger partial charge on any atom is 0.0541 e. The molecule has 102 valence electrons. The van der Waals surface area contributed by atoms with Crippen LogP contribution in [0.4, 0.5) is 0 Å². The Hall–Kier alpha value is -0.900. The summed E-state index contributed by atoms with van der Waals surface area (Å²) < 4.78 is 5.53. The molecule has 0 heterocycles. The number of rotatable bonds is 8. The lowest BCUT2D eigenvalue weighted by Crippen LogP contribution is -2.40. The van der Waals surface area contributed by atoms with Crippen LogP contribution in [0.25, 0.3) is 0 Å². The average Bonchev–Trinajstić information content (AvgIpc) is 2.40. The summed E-state index contributed by atoms with van der Waals surface area (Å²) in [6.45, 7) is 6.03. The molecule has 0 aliphatic rings. The van der Waals surface area contributed by atoms with E-state index in [-0.39, 0.29) is 12.0 Å². The van der Waals surface area contributed by atoms with Gasteiger partial charge < -0.3 is 15.6 Å². The van der Waals surface area contributed by atoms with Gasteiger partial charge in [0.15, 0.2) is 0 Å². The number of hydrogen-bond acceptors (Lipinski definition) is 3. The van der Waals surface area contributed by atoms with Crippen LogP contribution in [-0.4, -0.2) is 31.5 Å². The smallest absolute Gasteiger partial charge is 0.0541 e. The van der Waals surface area contributed by atoms with E-state index in [1.54, 1.807) is 0 Å². The quantitative estimate of drug-likeness (QED) is 0.695. The molecule has 0 radical (unpaired) electrons. The minimum atomic E-state index is -0.375. The molecular weight excluding hydrogens is 226 g/mol. The van der Waals surface area contributed by atoms with Crippen LogP contribution in [0.15, 0.2) is 24.3 Å². The third-order valence-corrected chi connectivity index (χ3v) is 3.40. The van der Waals surface area contributed by atoms with E-state index in [1.807, 2.05) is 12.1 Å². The first kappa shape index (κ1) is 15.2. The van der Waals surface area contributed by atoms with Gasteiger partial charge in [-0.15, -0.1) is 0 Å². The summed E-state index contributed by atoms with van der Waals surface area (Å²) in [5.41, 5.74) is 7.82. The predicted molar refractivity (Wildman–Crippen MR) is 74.7 cm³/mol. The Kier molecular flexibility index (Phi) is 6.33. The molecule has 1 atom stereocenters. The van der Waals surface area contributed by atoms with E-state index in [9.17, 15) is 5.11 Å². The first-order chi connectivity index (χ1) is 8.68. The zero-order valence-corrected chi connectivity index (χ0v) is 11.5. The van der Waals surface area contributed by atoms with Crippen molar-refractivity contribution in [3.8, 4) is 0 Å². The van der Waals surface area contributed by atoms with Crippen molar-refractivity contribution in [1.82, 2.24) is 0 Å². The van der Waals surface area contributed by atoms with Crippen LogP contribution in [0.5, 0.6) is 0 Å². The Morgan fingerprint density at radius 2 is 2.11 bits per heavy atom. The van der Waals surface area contributed by atoms with E-state index < -0.39 is 0 Å². The minimum Gasteiger partial charge on any atom is -0.395 e. The SMILES string of the molecule is CCCOCCC(CN)(CO)c1cccc(C)c1. The van der Waals surface area contributed by atoms with Crippen LogP contribution >= 0.6 is 0 Å². The highest BCUT2D eigenvalue weighted by molar-refractivity contribution is 5.30. The zero-order chi connectivity index (χ0) is 13.4. The normalized spacial score (nSPS) is 14.4. The van der Waals surface area contributed by atoms with Gasteiger partial charge in [0.1, 0.15) is 0 Å². The summed E-state index contributed by atoms with van der Waals surface area (Å²) in [4.78, 5) is 0. The van der Waals surface area contributed by atoms with E-state index in [4.69, 9.17) is 10.5 Å². The molecule has 0 amide bonds. The van der Waals surface area contributed by atoms with Gasteiger partial charge in [0.2, 0.25) is 0 Å².